The Kier molecular flexibility index (Phi) is 4.65. The average molecular weight is 327 g/mol. The normalized spacial score (nSPS) is 28.3. The smallest absolute Gasteiger partial charge is 0.0645 e. The van der Waals surface area contributed by atoms with Gasteiger partial charge in [-0.25, -0.2) is 4.68 Å². The highest BCUT2D eigenvalue weighted by molar-refractivity contribution is 5.30. The first-order valence-corrected chi connectivity index (χ1v) is 8.90. The standard InChI is InChI=1S/C19H25N3O2/c23-19-8-4-7-17(19)18-14-24-10-9-21(18)12-15-11-20-22(13-15)16-5-2-1-3-6-16/h1-3,5-6,11,13,17-19,23H,4,7-10,12,14H2/t17-,18-,19+/m0/s1. The van der Waals surface area contributed by atoms with Crippen molar-refractivity contribution in [1.82, 2.24) is 14.7 Å². The maximum atomic E-state index is 10.3. The van der Waals surface area contributed by atoms with Gasteiger partial charge in [-0.1, -0.05) is 24.6 Å². The van der Waals surface area contributed by atoms with Crippen LogP contribution in [-0.2, 0) is 11.3 Å². The molecule has 1 aliphatic carbocycles. The van der Waals surface area contributed by atoms with E-state index in [9.17, 15) is 5.11 Å². The molecule has 128 valence electrons. The van der Waals surface area contributed by atoms with Gasteiger partial charge in [-0.05, 0) is 25.0 Å². The van der Waals surface area contributed by atoms with E-state index in [-0.39, 0.29) is 6.10 Å². The molecule has 1 aromatic heterocycles. The number of hydrogen-bond donors (Lipinski definition) is 1. The Balaban J connectivity index is 1.48. The number of para-hydroxylation sites is 1. The molecule has 0 radical (unpaired) electrons. The van der Waals surface area contributed by atoms with Crippen LogP contribution in [0.5, 0.6) is 0 Å². The highest BCUT2D eigenvalue weighted by Crippen LogP contribution is 2.32. The van der Waals surface area contributed by atoms with Gasteiger partial charge in [-0.3, -0.25) is 4.90 Å². The fraction of sp³-hybridized carbons (Fsp3) is 0.526. The number of ether oxygens (including phenoxy) is 1. The first kappa shape index (κ1) is 15.8. The molecule has 5 nitrogen and oxygen atoms in total. The zero-order valence-corrected chi connectivity index (χ0v) is 13.9. The second kappa shape index (κ2) is 7.05. The summed E-state index contributed by atoms with van der Waals surface area (Å²) in [5, 5.41) is 14.8. The van der Waals surface area contributed by atoms with Gasteiger partial charge in [0.1, 0.15) is 0 Å². The summed E-state index contributed by atoms with van der Waals surface area (Å²) >= 11 is 0. The number of hydrogen-bond acceptors (Lipinski definition) is 4. The maximum absolute atomic E-state index is 10.3. The van der Waals surface area contributed by atoms with Gasteiger partial charge in [0.15, 0.2) is 0 Å². The third-order valence-corrected chi connectivity index (χ3v) is 5.35. The van der Waals surface area contributed by atoms with Gasteiger partial charge in [0, 0.05) is 36.8 Å². The minimum absolute atomic E-state index is 0.175. The summed E-state index contributed by atoms with van der Waals surface area (Å²) in [5.41, 5.74) is 2.28. The Labute approximate surface area is 142 Å². The van der Waals surface area contributed by atoms with E-state index in [0.29, 0.717) is 12.0 Å². The van der Waals surface area contributed by atoms with Gasteiger partial charge in [0.25, 0.3) is 0 Å². The van der Waals surface area contributed by atoms with Crippen molar-refractivity contribution in [3.63, 3.8) is 0 Å². The molecule has 2 heterocycles. The van der Waals surface area contributed by atoms with E-state index in [1.165, 1.54) is 5.56 Å². The number of aliphatic hydroxyl groups excluding tert-OH is 1. The highest BCUT2D eigenvalue weighted by Gasteiger charge is 2.37. The molecule has 2 aromatic rings. The van der Waals surface area contributed by atoms with E-state index >= 15 is 0 Å². The Bertz CT molecular complexity index is 658. The van der Waals surface area contributed by atoms with Crippen LogP contribution in [0.15, 0.2) is 42.7 Å². The van der Waals surface area contributed by atoms with Crippen molar-refractivity contribution in [1.29, 1.82) is 0 Å². The lowest BCUT2D eigenvalue weighted by Crippen LogP contribution is -2.50. The molecular formula is C19H25N3O2. The van der Waals surface area contributed by atoms with Crippen LogP contribution in [0.25, 0.3) is 5.69 Å². The summed E-state index contributed by atoms with van der Waals surface area (Å²) in [7, 11) is 0. The van der Waals surface area contributed by atoms with Gasteiger partial charge in [0.05, 0.1) is 31.2 Å². The molecule has 4 rings (SSSR count). The highest BCUT2D eigenvalue weighted by atomic mass is 16.5. The number of aromatic nitrogens is 2. The molecule has 1 aromatic carbocycles. The van der Waals surface area contributed by atoms with Crippen molar-refractivity contribution in [2.24, 2.45) is 5.92 Å². The van der Waals surface area contributed by atoms with E-state index in [2.05, 4.69) is 28.3 Å². The lowest BCUT2D eigenvalue weighted by molar-refractivity contribution is -0.0536. The molecule has 0 amide bonds. The van der Waals surface area contributed by atoms with Crippen LogP contribution in [-0.4, -0.2) is 51.7 Å². The Morgan fingerprint density at radius 1 is 1.21 bits per heavy atom. The van der Waals surface area contributed by atoms with Gasteiger partial charge < -0.3 is 9.84 Å². The molecule has 0 unspecified atom stereocenters. The second-order valence-electron chi connectivity index (χ2n) is 6.90. The minimum atomic E-state index is -0.175. The number of nitrogens with zero attached hydrogens (tertiary/aromatic N) is 3. The SMILES string of the molecule is O[C@@H]1CCC[C@H]1[C@@H]1COCCN1Cc1cnn(-c2ccccc2)c1. The predicted molar refractivity (Wildman–Crippen MR) is 91.9 cm³/mol. The minimum Gasteiger partial charge on any atom is -0.393 e. The molecule has 2 fully saturated rings. The summed E-state index contributed by atoms with van der Waals surface area (Å²) < 4.78 is 7.64. The second-order valence-corrected chi connectivity index (χ2v) is 6.90. The largest absolute Gasteiger partial charge is 0.393 e. The number of morpholine rings is 1. The predicted octanol–water partition coefficient (Wildman–Crippen LogP) is 2.23. The van der Waals surface area contributed by atoms with Crippen molar-refractivity contribution in [2.45, 2.75) is 38.0 Å². The topological polar surface area (TPSA) is 50.5 Å². The Morgan fingerprint density at radius 3 is 2.88 bits per heavy atom. The fourth-order valence-corrected chi connectivity index (χ4v) is 4.06. The van der Waals surface area contributed by atoms with Crippen molar-refractivity contribution >= 4 is 0 Å². The molecule has 1 saturated carbocycles. The summed E-state index contributed by atoms with van der Waals surface area (Å²) in [6, 6.07) is 10.5. The van der Waals surface area contributed by atoms with Gasteiger partial charge in [0.2, 0.25) is 0 Å². The van der Waals surface area contributed by atoms with Gasteiger partial charge in [-0.15, -0.1) is 0 Å². The molecule has 0 spiro atoms. The molecule has 0 bridgehead atoms. The van der Waals surface area contributed by atoms with E-state index in [1.807, 2.05) is 29.1 Å². The zero-order valence-electron chi connectivity index (χ0n) is 13.9. The lowest BCUT2D eigenvalue weighted by atomic mass is 9.94. The summed E-state index contributed by atoms with van der Waals surface area (Å²) in [6.45, 7) is 3.29. The monoisotopic (exact) mass is 327 g/mol. The zero-order chi connectivity index (χ0) is 16.4. The van der Waals surface area contributed by atoms with Crippen LogP contribution >= 0.6 is 0 Å². The van der Waals surface area contributed by atoms with Crippen LogP contribution in [0.3, 0.4) is 0 Å². The van der Waals surface area contributed by atoms with E-state index < -0.39 is 0 Å². The van der Waals surface area contributed by atoms with Crippen LogP contribution in [0, 0.1) is 5.92 Å². The van der Waals surface area contributed by atoms with E-state index in [0.717, 1.165) is 51.3 Å². The molecule has 24 heavy (non-hydrogen) atoms. The molecule has 2 aliphatic rings. The third-order valence-electron chi connectivity index (χ3n) is 5.35. The van der Waals surface area contributed by atoms with Crippen LogP contribution in [0.1, 0.15) is 24.8 Å². The number of aliphatic hydroxyl groups is 1. The van der Waals surface area contributed by atoms with Crippen LogP contribution in [0.2, 0.25) is 0 Å². The third kappa shape index (κ3) is 3.24. The van der Waals surface area contributed by atoms with E-state index in [1.54, 1.807) is 0 Å². The quantitative estimate of drug-likeness (QED) is 0.936. The Morgan fingerprint density at radius 2 is 2.08 bits per heavy atom. The summed E-state index contributed by atoms with van der Waals surface area (Å²) in [6.07, 6.45) is 7.04. The first-order valence-electron chi connectivity index (χ1n) is 8.90. The number of rotatable bonds is 4. The average Bonchev–Trinajstić information content (AvgIpc) is 3.25. The van der Waals surface area contributed by atoms with Crippen molar-refractivity contribution < 1.29 is 9.84 Å². The maximum Gasteiger partial charge on any atom is 0.0645 e. The molecule has 1 saturated heterocycles. The molecule has 3 atom stereocenters. The molecule has 1 N–H and O–H groups in total. The molecular weight excluding hydrogens is 302 g/mol. The Hall–Kier alpha value is -1.69. The summed E-state index contributed by atoms with van der Waals surface area (Å²) in [5.74, 6) is 0.342. The number of benzene rings is 1. The lowest BCUT2D eigenvalue weighted by Gasteiger charge is -2.39. The first-order chi connectivity index (χ1) is 11.8. The van der Waals surface area contributed by atoms with E-state index in [4.69, 9.17) is 4.74 Å². The molecule has 1 aliphatic heterocycles. The van der Waals surface area contributed by atoms with Gasteiger partial charge in [-0.2, -0.15) is 5.10 Å². The van der Waals surface area contributed by atoms with Crippen molar-refractivity contribution in [3.8, 4) is 5.69 Å². The molecule has 5 heteroatoms. The van der Waals surface area contributed by atoms with Gasteiger partial charge >= 0.3 is 0 Å². The van der Waals surface area contributed by atoms with Crippen LogP contribution in [0.4, 0.5) is 0 Å². The van der Waals surface area contributed by atoms with Crippen molar-refractivity contribution in [2.75, 3.05) is 19.8 Å². The fourth-order valence-electron chi connectivity index (χ4n) is 4.06. The van der Waals surface area contributed by atoms with Crippen molar-refractivity contribution in [3.05, 3.63) is 48.3 Å². The van der Waals surface area contributed by atoms with Crippen LogP contribution < -0.4 is 0 Å². The summed E-state index contributed by atoms with van der Waals surface area (Å²) in [4.78, 5) is 2.47.